The lowest BCUT2D eigenvalue weighted by Crippen LogP contribution is -2.61. The largest absolute Gasteiger partial charge is 0.395 e. The summed E-state index contributed by atoms with van der Waals surface area (Å²) in [5.41, 5.74) is -0.560. The Balaban J connectivity index is 2.45. The molecule has 0 unspecified atom stereocenters. The first-order chi connectivity index (χ1) is 9.90. The fourth-order valence-electron chi connectivity index (χ4n) is 2.86. The number of likely N-dealkylation sites (tertiary alicyclic amines) is 1. The predicted molar refractivity (Wildman–Crippen MR) is 75.4 cm³/mol. The smallest absolute Gasteiger partial charge is 0.328 e. The topological polar surface area (TPSA) is 108 Å². The molecule has 0 radical (unpaired) electrons. The standard InChI is InChI=1S/C13H21N3O5/c1-7-4-16(13(20)14-12(7)19)8-5-15(2)9(6-17)10(18)11(8)21-3/h4,8-11,17-18H,5-6H2,1-3H3,(H,14,19,20)/t8-,9-,10-,11-/m1/s1. The fourth-order valence-corrected chi connectivity index (χ4v) is 2.86. The third kappa shape index (κ3) is 2.80. The highest BCUT2D eigenvalue weighted by molar-refractivity contribution is 5.05. The minimum atomic E-state index is -0.942. The molecule has 0 aromatic carbocycles. The summed E-state index contributed by atoms with van der Waals surface area (Å²) in [4.78, 5) is 27.5. The summed E-state index contributed by atoms with van der Waals surface area (Å²) in [7, 11) is 3.21. The highest BCUT2D eigenvalue weighted by Gasteiger charge is 2.42. The van der Waals surface area contributed by atoms with Crippen LogP contribution in [0.4, 0.5) is 0 Å². The fraction of sp³-hybridized carbons (Fsp3) is 0.692. The maximum atomic E-state index is 12.0. The van der Waals surface area contributed by atoms with E-state index in [1.807, 2.05) is 0 Å². The van der Waals surface area contributed by atoms with Crippen LogP contribution in [0.5, 0.6) is 0 Å². The molecule has 0 aliphatic carbocycles. The van der Waals surface area contributed by atoms with Crippen molar-refractivity contribution in [1.82, 2.24) is 14.5 Å². The Kier molecular flexibility index (Phi) is 4.62. The van der Waals surface area contributed by atoms with Crippen LogP contribution in [0.3, 0.4) is 0 Å². The second-order valence-electron chi connectivity index (χ2n) is 5.43. The van der Waals surface area contributed by atoms with Gasteiger partial charge < -0.3 is 14.9 Å². The Labute approximate surface area is 121 Å². The van der Waals surface area contributed by atoms with Crippen LogP contribution in [0.15, 0.2) is 15.8 Å². The number of ether oxygens (including phenoxy) is 1. The van der Waals surface area contributed by atoms with Crippen LogP contribution >= 0.6 is 0 Å². The second-order valence-corrected chi connectivity index (χ2v) is 5.43. The lowest BCUT2D eigenvalue weighted by atomic mass is 9.92. The Hall–Kier alpha value is -1.48. The van der Waals surface area contributed by atoms with Crippen LogP contribution in [-0.2, 0) is 4.74 Å². The van der Waals surface area contributed by atoms with E-state index in [0.717, 1.165) is 0 Å². The molecule has 1 aliphatic heterocycles. The van der Waals surface area contributed by atoms with Crippen LogP contribution in [0.1, 0.15) is 11.6 Å². The quantitative estimate of drug-likeness (QED) is 0.600. The van der Waals surface area contributed by atoms with Gasteiger partial charge >= 0.3 is 5.69 Å². The van der Waals surface area contributed by atoms with Crippen molar-refractivity contribution >= 4 is 0 Å². The van der Waals surface area contributed by atoms with Crippen LogP contribution in [0.25, 0.3) is 0 Å². The molecule has 21 heavy (non-hydrogen) atoms. The van der Waals surface area contributed by atoms with E-state index in [0.29, 0.717) is 12.1 Å². The monoisotopic (exact) mass is 299 g/mol. The minimum absolute atomic E-state index is 0.205. The molecule has 118 valence electrons. The van der Waals surface area contributed by atoms with Gasteiger partial charge in [0.2, 0.25) is 0 Å². The number of aliphatic hydroxyl groups excluding tert-OH is 2. The first-order valence-corrected chi connectivity index (χ1v) is 6.74. The van der Waals surface area contributed by atoms with Gasteiger partial charge in [0.15, 0.2) is 0 Å². The number of H-pyrrole nitrogens is 1. The molecule has 8 heteroatoms. The molecular weight excluding hydrogens is 278 g/mol. The van der Waals surface area contributed by atoms with E-state index in [-0.39, 0.29) is 6.61 Å². The zero-order valence-electron chi connectivity index (χ0n) is 12.3. The highest BCUT2D eigenvalue weighted by atomic mass is 16.5. The summed E-state index contributed by atoms with van der Waals surface area (Å²) in [6.07, 6.45) is -0.123. The molecule has 0 spiro atoms. The molecule has 1 aromatic heterocycles. The van der Waals surface area contributed by atoms with E-state index in [2.05, 4.69) is 4.98 Å². The molecule has 0 saturated carbocycles. The molecule has 2 rings (SSSR count). The van der Waals surface area contributed by atoms with Crippen LogP contribution in [0.2, 0.25) is 0 Å². The van der Waals surface area contributed by atoms with Gasteiger partial charge in [-0.05, 0) is 14.0 Å². The third-order valence-electron chi connectivity index (χ3n) is 4.11. The molecule has 2 heterocycles. The van der Waals surface area contributed by atoms with E-state index in [9.17, 15) is 19.8 Å². The van der Waals surface area contributed by atoms with Gasteiger partial charge in [0.05, 0.1) is 24.8 Å². The number of aliphatic hydroxyl groups is 2. The van der Waals surface area contributed by atoms with Crippen LogP contribution in [-0.4, -0.2) is 70.2 Å². The van der Waals surface area contributed by atoms with Gasteiger partial charge in [-0.1, -0.05) is 0 Å². The Morgan fingerprint density at radius 1 is 1.48 bits per heavy atom. The summed E-state index contributed by atoms with van der Waals surface area (Å²) >= 11 is 0. The summed E-state index contributed by atoms with van der Waals surface area (Å²) in [6.45, 7) is 1.81. The number of nitrogens with zero attached hydrogens (tertiary/aromatic N) is 2. The number of nitrogens with one attached hydrogen (secondary N) is 1. The number of rotatable bonds is 3. The van der Waals surface area contributed by atoms with Crippen molar-refractivity contribution in [2.24, 2.45) is 0 Å². The lowest BCUT2D eigenvalue weighted by Gasteiger charge is -2.44. The molecule has 4 atom stereocenters. The van der Waals surface area contributed by atoms with Crippen molar-refractivity contribution in [3.8, 4) is 0 Å². The van der Waals surface area contributed by atoms with E-state index in [1.54, 1.807) is 18.9 Å². The number of aromatic amines is 1. The van der Waals surface area contributed by atoms with Crippen molar-refractivity contribution in [3.05, 3.63) is 32.6 Å². The Morgan fingerprint density at radius 2 is 2.14 bits per heavy atom. The van der Waals surface area contributed by atoms with Gasteiger partial charge in [0.25, 0.3) is 5.56 Å². The van der Waals surface area contributed by atoms with Crippen molar-refractivity contribution in [1.29, 1.82) is 0 Å². The first kappa shape index (κ1) is 15.9. The number of aromatic nitrogens is 2. The minimum Gasteiger partial charge on any atom is -0.395 e. The zero-order chi connectivity index (χ0) is 15.7. The van der Waals surface area contributed by atoms with Crippen molar-refractivity contribution in [3.63, 3.8) is 0 Å². The first-order valence-electron chi connectivity index (χ1n) is 6.74. The summed E-state index contributed by atoms with van der Waals surface area (Å²) in [5, 5.41) is 19.7. The van der Waals surface area contributed by atoms with E-state index >= 15 is 0 Å². The lowest BCUT2D eigenvalue weighted by molar-refractivity contribution is -0.122. The van der Waals surface area contributed by atoms with Gasteiger partial charge in [-0.25, -0.2) is 4.79 Å². The number of hydrogen-bond acceptors (Lipinski definition) is 6. The summed E-state index contributed by atoms with van der Waals surface area (Å²) in [6, 6.07) is -0.911. The molecule has 1 fully saturated rings. The van der Waals surface area contributed by atoms with Gasteiger partial charge in [-0.15, -0.1) is 0 Å². The molecule has 0 bridgehead atoms. The molecule has 0 amide bonds. The molecule has 1 saturated heterocycles. The second kappa shape index (κ2) is 6.10. The number of aryl methyl sites for hydroxylation is 1. The number of methoxy groups -OCH3 is 1. The zero-order valence-corrected chi connectivity index (χ0v) is 12.3. The molecule has 8 nitrogen and oxygen atoms in total. The number of piperidine rings is 1. The maximum absolute atomic E-state index is 12.0. The van der Waals surface area contributed by atoms with Crippen LogP contribution in [0, 0.1) is 6.92 Å². The van der Waals surface area contributed by atoms with Crippen LogP contribution < -0.4 is 11.2 Å². The maximum Gasteiger partial charge on any atom is 0.328 e. The van der Waals surface area contributed by atoms with Crippen molar-refractivity contribution in [2.45, 2.75) is 31.2 Å². The normalized spacial score (nSPS) is 30.5. The van der Waals surface area contributed by atoms with E-state index < -0.39 is 35.5 Å². The van der Waals surface area contributed by atoms with E-state index in [4.69, 9.17) is 4.74 Å². The Bertz CT molecular complexity index is 611. The molecule has 1 aliphatic rings. The number of hydrogen-bond donors (Lipinski definition) is 3. The summed E-state index contributed by atoms with van der Waals surface area (Å²) < 4.78 is 6.71. The molecular formula is C13H21N3O5. The molecule has 3 N–H and O–H groups in total. The number of likely N-dealkylation sites (N-methyl/N-ethyl adjacent to an activating group) is 1. The average Bonchev–Trinajstić information content (AvgIpc) is 2.43. The Morgan fingerprint density at radius 3 is 2.71 bits per heavy atom. The van der Waals surface area contributed by atoms with Gasteiger partial charge in [0.1, 0.15) is 6.10 Å². The van der Waals surface area contributed by atoms with Crippen molar-refractivity contribution < 1.29 is 14.9 Å². The van der Waals surface area contributed by atoms with Gasteiger partial charge in [0, 0.05) is 25.4 Å². The molecule has 1 aromatic rings. The van der Waals surface area contributed by atoms with Crippen molar-refractivity contribution in [2.75, 3.05) is 27.3 Å². The summed E-state index contributed by atoms with van der Waals surface area (Å²) in [5.74, 6) is 0. The van der Waals surface area contributed by atoms with Gasteiger partial charge in [-0.3, -0.25) is 19.2 Å². The third-order valence-corrected chi connectivity index (χ3v) is 4.11. The predicted octanol–water partition coefficient (Wildman–Crippen LogP) is -1.93. The van der Waals surface area contributed by atoms with Gasteiger partial charge in [-0.2, -0.15) is 0 Å². The van der Waals surface area contributed by atoms with E-state index in [1.165, 1.54) is 17.9 Å². The average molecular weight is 299 g/mol. The SMILES string of the molecule is CO[C@H]1[C@H](O)[C@@H](CO)N(C)C[C@H]1n1cc(C)c(=O)[nH]c1=O. The highest BCUT2D eigenvalue weighted by Crippen LogP contribution is 2.26.